The Morgan fingerprint density at radius 2 is 2.11 bits per heavy atom. The third kappa shape index (κ3) is 4.32. The summed E-state index contributed by atoms with van der Waals surface area (Å²) >= 11 is 0. The van der Waals surface area contributed by atoms with E-state index in [1.165, 1.54) is 13.2 Å². The average molecular weight is 253 g/mol. The maximum atomic E-state index is 11.3. The Balaban J connectivity index is 2.46. The number of aliphatic carboxylic acids is 1. The molecule has 0 aliphatic rings. The molecule has 1 rings (SSSR count). The molecule has 0 atom stereocenters. The van der Waals surface area contributed by atoms with E-state index >= 15 is 0 Å². The van der Waals surface area contributed by atoms with Crippen molar-refractivity contribution in [2.45, 2.75) is 12.8 Å². The number of hydrogen-bond acceptors (Lipinski definition) is 4. The number of aryl methyl sites for hydroxylation is 1. The summed E-state index contributed by atoms with van der Waals surface area (Å²) in [5, 5.41) is 20.2. The van der Waals surface area contributed by atoms with Gasteiger partial charge in [0.2, 0.25) is 5.91 Å². The summed E-state index contributed by atoms with van der Waals surface area (Å²) in [5.74, 6) is -1.03. The van der Waals surface area contributed by atoms with Gasteiger partial charge in [-0.15, -0.1) is 0 Å². The highest BCUT2D eigenvalue weighted by Crippen LogP contribution is 2.26. The van der Waals surface area contributed by atoms with E-state index in [9.17, 15) is 14.7 Å². The van der Waals surface area contributed by atoms with Crippen LogP contribution in [0.15, 0.2) is 18.2 Å². The summed E-state index contributed by atoms with van der Waals surface area (Å²) in [4.78, 5) is 21.5. The number of phenolic OH excluding ortho intramolecular Hbond substituents is 1. The largest absolute Gasteiger partial charge is 0.504 e. The lowest BCUT2D eigenvalue weighted by Gasteiger charge is -2.06. The van der Waals surface area contributed by atoms with Crippen LogP contribution in [0.5, 0.6) is 11.5 Å². The Bertz CT molecular complexity index is 444. The molecule has 1 aromatic carbocycles. The molecule has 1 amide bonds. The molecule has 0 fully saturated rings. The van der Waals surface area contributed by atoms with Crippen molar-refractivity contribution in [3.63, 3.8) is 0 Å². The van der Waals surface area contributed by atoms with Crippen molar-refractivity contribution in [3.05, 3.63) is 23.8 Å². The topological polar surface area (TPSA) is 95.9 Å². The summed E-state index contributed by atoms with van der Waals surface area (Å²) in [6, 6.07) is 4.87. The van der Waals surface area contributed by atoms with E-state index in [4.69, 9.17) is 9.84 Å². The van der Waals surface area contributed by atoms with Crippen molar-refractivity contribution < 1.29 is 24.5 Å². The summed E-state index contributed by atoms with van der Waals surface area (Å²) in [5.41, 5.74) is 0.777. The van der Waals surface area contributed by atoms with E-state index in [1.807, 2.05) is 0 Å². The van der Waals surface area contributed by atoms with E-state index in [2.05, 4.69) is 5.32 Å². The summed E-state index contributed by atoms with van der Waals surface area (Å²) < 4.78 is 4.90. The minimum Gasteiger partial charge on any atom is -0.504 e. The number of benzene rings is 1. The maximum Gasteiger partial charge on any atom is 0.322 e. The molecule has 0 aliphatic carbocycles. The summed E-state index contributed by atoms with van der Waals surface area (Å²) in [7, 11) is 1.45. The minimum atomic E-state index is -1.08. The normalized spacial score (nSPS) is 9.83. The molecule has 0 aliphatic heterocycles. The first-order chi connectivity index (χ1) is 8.52. The van der Waals surface area contributed by atoms with Crippen molar-refractivity contribution in [1.82, 2.24) is 5.32 Å². The predicted octanol–water partition coefficient (Wildman–Crippen LogP) is 0.534. The Labute approximate surface area is 104 Å². The fourth-order valence-corrected chi connectivity index (χ4v) is 1.41. The molecule has 3 N–H and O–H groups in total. The first-order valence-electron chi connectivity index (χ1n) is 5.37. The first kappa shape index (κ1) is 13.8. The molecule has 1 aromatic rings. The van der Waals surface area contributed by atoms with E-state index in [0.29, 0.717) is 12.2 Å². The van der Waals surface area contributed by atoms with E-state index in [-0.39, 0.29) is 24.6 Å². The van der Waals surface area contributed by atoms with E-state index in [0.717, 1.165) is 5.56 Å². The van der Waals surface area contributed by atoms with Crippen LogP contribution in [0.25, 0.3) is 0 Å². The van der Waals surface area contributed by atoms with Gasteiger partial charge in [0.05, 0.1) is 7.11 Å². The number of carboxylic acid groups (broad SMARTS) is 1. The molecule has 0 spiro atoms. The van der Waals surface area contributed by atoms with Crippen LogP contribution in [-0.4, -0.2) is 35.7 Å². The van der Waals surface area contributed by atoms with Gasteiger partial charge in [0, 0.05) is 6.42 Å². The lowest BCUT2D eigenvalue weighted by molar-refractivity contribution is -0.137. The molecule has 0 bridgehead atoms. The summed E-state index contributed by atoms with van der Waals surface area (Å²) in [6.07, 6.45) is 0.585. The lowest BCUT2D eigenvalue weighted by atomic mass is 10.1. The lowest BCUT2D eigenvalue weighted by Crippen LogP contribution is -2.29. The zero-order valence-electron chi connectivity index (χ0n) is 9.97. The minimum absolute atomic E-state index is 0.0148. The van der Waals surface area contributed by atoms with Crippen LogP contribution in [0.2, 0.25) is 0 Å². The molecule has 6 nitrogen and oxygen atoms in total. The second-order valence-corrected chi connectivity index (χ2v) is 3.68. The molecule has 98 valence electrons. The van der Waals surface area contributed by atoms with Crippen LogP contribution >= 0.6 is 0 Å². The number of aromatic hydroxyl groups is 1. The molecule has 0 saturated heterocycles. The van der Waals surface area contributed by atoms with Gasteiger partial charge < -0.3 is 20.3 Å². The number of hydrogen-bond donors (Lipinski definition) is 3. The Kier molecular flexibility index (Phi) is 4.98. The SMILES string of the molecule is COc1ccc(CCC(=O)NCC(=O)O)cc1O. The number of ether oxygens (including phenoxy) is 1. The second kappa shape index (κ2) is 6.48. The highest BCUT2D eigenvalue weighted by atomic mass is 16.5. The van der Waals surface area contributed by atoms with Crippen LogP contribution in [0.1, 0.15) is 12.0 Å². The van der Waals surface area contributed by atoms with Gasteiger partial charge in [0.25, 0.3) is 0 Å². The third-order valence-electron chi connectivity index (χ3n) is 2.32. The monoisotopic (exact) mass is 253 g/mol. The highest BCUT2D eigenvalue weighted by molar-refractivity contribution is 5.81. The molecule has 18 heavy (non-hydrogen) atoms. The van der Waals surface area contributed by atoms with Crippen molar-refractivity contribution in [1.29, 1.82) is 0 Å². The van der Waals surface area contributed by atoms with E-state index in [1.54, 1.807) is 12.1 Å². The summed E-state index contributed by atoms with van der Waals surface area (Å²) in [6.45, 7) is -0.382. The van der Waals surface area contributed by atoms with Crippen LogP contribution in [0, 0.1) is 0 Å². The van der Waals surface area contributed by atoms with Crippen molar-refractivity contribution in [2.75, 3.05) is 13.7 Å². The van der Waals surface area contributed by atoms with E-state index < -0.39 is 5.97 Å². The number of rotatable bonds is 6. The van der Waals surface area contributed by atoms with Crippen LogP contribution < -0.4 is 10.1 Å². The first-order valence-corrected chi connectivity index (χ1v) is 5.37. The van der Waals surface area contributed by atoms with Crippen molar-refractivity contribution in [3.8, 4) is 11.5 Å². The van der Waals surface area contributed by atoms with Gasteiger partial charge in [0.1, 0.15) is 6.54 Å². The van der Waals surface area contributed by atoms with Gasteiger partial charge in [-0.3, -0.25) is 9.59 Å². The van der Waals surface area contributed by atoms with Crippen molar-refractivity contribution in [2.24, 2.45) is 0 Å². The standard InChI is InChI=1S/C12H15NO5/c1-18-10-4-2-8(6-9(10)14)3-5-11(15)13-7-12(16)17/h2,4,6,14H,3,5,7H2,1H3,(H,13,15)(H,16,17). The number of carboxylic acids is 1. The van der Waals surface area contributed by atoms with Gasteiger partial charge in [-0.25, -0.2) is 0 Å². The fourth-order valence-electron chi connectivity index (χ4n) is 1.41. The van der Waals surface area contributed by atoms with Gasteiger partial charge in [-0.05, 0) is 24.1 Å². The number of carbonyl (C=O) groups is 2. The van der Waals surface area contributed by atoms with Crippen LogP contribution in [0.4, 0.5) is 0 Å². The van der Waals surface area contributed by atoms with Gasteiger partial charge >= 0.3 is 5.97 Å². The number of nitrogens with one attached hydrogen (secondary N) is 1. The van der Waals surface area contributed by atoms with Gasteiger partial charge in [0.15, 0.2) is 11.5 Å². The molecule has 6 heteroatoms. The molecule has 0 radical (unpaired) electrons. The predicted molar refractivity (Wildman–Crippen MR) is 63.6 cm³/mol. The molecule has 0 aromatic heterocycles. The Morgan fingerprint density at radius 3 is 2.67 bits per heavy atom. The van der Waals surface area contributed by atoms with Gasteiger partial charge in [-0.1, -0.05) is 6.07 Å². The number of amides is 1. The highest BCUT2D eigenvalue weighted by Gasteiger charge is 2.06. The number of carbonyl (C=O) groups excluding carboxylic acids is 1. The quantitative estimate of drug-likeness (QED) is 0.687. The zero-order valence-corrected chi connectivity index (χ0v) is 9.97. The molecule has 0 unspecified atom stereocenters. The Morgan fingerprint density at radius 1 is 1.39 bits per heavy atom. The molecular weight excluding hydrogens is 238 g/mol. The fraction of sp³-hybridized carbons (Fsp3) is 0.333. The molecule has 0 saturated carbocycles. The average Bonchev–Trinajstić information content (AvgIpc) is 2.34. The van der Waals surface area contributed by atoms with Crippen molar-refractivity contribution >= 4 is 11.9 Å². The maximum absolute atomic E-state index is 11.3. The number of phenols is 1. The molecular formula is C12H15NO5. The second-order valence-electron chi connectivity index (χ2n) is 3.68. The smallest absolute Gasteiger partial charge is 0.322 e. The molecule has 0 heterocycles. The van der Waals surface area contributed by atoms with Crippen LogP contribution in [0.3, 0.4) is 0 Å². The number of methoxy groups -OCH3 is 1. The zero-order chi connectivity index (χ0) is 13.5. The third-order valence-corrected chi connectivity index (χ3v) is 2.32. The van der Waals surface area contributed by atoms with Gasteiger partial charge in [-0.2, -0.15) is 0 Å². The van der Waals surface area contributed by atoms with Crippen LogP contribution in [-0.2, 0) is 16.0 Å². The Hall–Kier alpha value is -2.24.